The average molecular weight is 228 g/mol. The third kappa shape index (κ3) is 2.68. The van der Waals surface area contributed by atoms with Crippen LogP contribution in [-0.2, 0) is 0 Å². The maximum absolute atomic E-state index is 12.2. The highest BCUT2D eigenvalue weighted by Gasteiger charge is 2.18. The molecule has 0 atom stereocenters. The smallest absolute Gasteiger partial charge is 0.165 e. The normalized spacial score (nSPS) is 11.7. The van der Waals surface area contributed by atoms with Crippen LogP contribution in [0.3, 0.4) is 0 Å². The van der Waals surface area contributed by atoms with E-state index < -0.39 is 5.54 Å². The molecule has 0 aliphatic heterocycles. The van der Waals surface area contributed by atoms with Crippen LogP contribution < -0.4 is 5.73 Å². The van der Waals surface area contributed by atoms with E-state index in [2.05, 4.69) is 4.98 Å². The number of Topliss-reactive ketones (excluding diaryl/α,β-unsaturated/α-hetero) is 1. The second kappa shape index (κ2) is 4.26. The molecule has 1 aromatic heterocycles. The van der Waals surface area contributed by atoms with Gasteiger partial charge in [0, 0.05) is 35.3 Å². The van der Waals surface area contributed by atoms with Crippen molar-refractivity contribution in [1.29, 1.82) is 0 Å². The quantitative estimate of drug-likeness (QED) is 0.821. The molecular weight excluding hydrogens is 212 g/mol. The first kappa shape index (κ1) is 11.7. The van der Waals surface area contributed by atoms with Gasteiger partial charge in [-0.05, 0) is 25.3 Å². The van der Waals surface area contributed by atoms with Crippen molar-refractivity contribution in [3.05, 3.63) is 42.2 Å². The highest BCUT2D eigenvalue weighted by atomic mass is 16.1. The van der Waals surface area contributed by atoms with E-state index in [1.807, 2.05) is 38.1 Å². The van der Waals surface area contributed by atoms with Crippen molar-refractivity contribution in [2.24, 2.45) is 5.73 Å². The molecule has 88 valence electrons. The Bertz CT molecular complexity index is 550. The van der Waals surface area contributed by atoms with Gasteiger partial charge in [-0.1, -0.05) is 18.2 Å². The minimum absolute atomic E-state index is 0.0781. The van der Waals surface area contributed by atoms with Gasteiger partial charge in [-0.2, -0.15) is 0 Å². The summed E-state index contributed by atoms with van der Waals surface area (Å²) in [6.07, 6.45) is 3.81. The largest absolute Gasteiger partial charge is 0.325 e. The van der Waals surface area contributed by atoms with E-state index in [9.17, 15) is 4.79 Å². The number of benzene rings is 1. The molecule has 0 amide bonds. The highest BCUT2D eigenvalue weighted by Crippen LogP contribution is 2.20. The van der Waals surface area contributed by atoms with E-state index in [0.29, 0.717) is 6.42 Å². The number of fused-ring (bicyclic) bond motifs is 1. The van der Waals surface area contributed by atoms with Gasteiger partial charge in [0.1, 0.15) is 0 Å². The summed E-state index contributed by atoms with van der Waals surface area (Å²) in [5.41, 5.74) is 6.13. The van der Waals surface area contributed by atoms with Crippen molar-refractivity contribution < 1.29 is 4.79 Å². The van der Waals surface area contributed by atoms with Crippen molar-refractivity contribution in [2.45, 2.75) is 25.8 Å². The molecule has 0 unspecified atom stereocenters. The Morgan fingerprint density at radius 3 is 2.82 bits per heavy atom. The maximum atomic E-state index is 12.2. The van der Waals surface area contributed by atoms with Gasteiger partial charge in [-0.3, -0.25) is 9.78 Å². The van der Waals surface area contributed by atoms with Gasteiger partial charge in [0.25, 0.3) is 0 Å². The van der Waals surface area contributed by atoms with Crippen molar-refractivity contribution >= 4 is 16.6 Å². The summed E-state index contributed by atoms with van der Waals surface area (Å²) in [4.78, 5) is 16.2. The van der Waals surface area contributed by atoms with Crippen molar-refractivity contribution in [1.82, 2.24) is 4.98 Å². The van der Waals surface area contributed by atoms with Gasteiger partial charge in [0.2, 0.25) is 0 Å². The second-order valence-corrected chi connectivity index (χ2v) is 4.99. The summed E-state index contributed by atoms with van der Waals surface area (Å²) in [7, 11) is 0. The van der Waals surface area contributed by atoms with E-state index in [1.165, 1.54) is 0 Å². The number of ketones is 1. The lowest BCUT2D eigenvalue weighted by molar-refractivity contribution is 0.0962. The fourth-order valence-electron chi connectivity index (χ4n) is 1.87. The molecule has 17 heavy (non-hydrogen) atoms. The summed E-state index contributed by atoms with van der Waals surface area (Å²) >= 11 is 0. The number of carbonyl (C=O) groups is 1. The molecule has 0 aliphatic carbocycles. The number of hydrogen-bond donors (Lipinski definition) is 1. The monoisotopic (exact) mass is 228 g/mol. The Balaban J connectivity index is 2.45. The van der Waals surface area contributed by atoms with E-state index in [4.69, 9.17) is 5.73 Å². The SMILES string of the molecule is CC(C)(N)CC(=O)c1cccc2cnccc12. The molecule has 1 aromatic carbocycles. The number of carbonyl (C=O) groups excluding carboxylic acids is 1. The minimum atomic E-state index is -0.480. The van der Waals surface area contributed by atoms with Gasteiger partial charge in [0.05, 0.1) is 0 Å². The first-order valence-electron chi connectivity index (χ1n) is 5.62. The van der Waals surface area contributed by atoms with Crippen LogP contribution in [0.4, 0.5) is 0 Å². The number of nitrogens with two attached hydrogens (primary N) is 1. The van der Waals surface area contributed by atoms with Crippen molar-refractivity contribution in [2.75, 3.05) is 0 Å². The van der Waals surface area contributed by atoms with Gasteiger partial charge in [-0.25, -0.2) is 0 Å². The van der Waals surface area contributed by atoms with E-state index >= 15 is 0 Å². The summed E-state index contributed by atoms with van der Waals surface area (Å²) in [5.74, 6) is 0.0781. The molecule has 0 radical (unpaired) electrons. The van der Waals surface area contributed by atoms with Gasteiger partial charge < -0.3 is 5.73 Å². The summed E-state index contributed by atoms with van der Waals surface area (Å²) in [6.45, 7) is 3.72. The molecular formula is C14H16N2O. The lowest BCUT2D eigenvalue weighted by Gasteiger charge is -2.17. The van der Waals surface area contributed by atoms with Crippen LogP contribution in [0.1, 0.15) is 30.6 Å². The Hall–Kier alpha value is -1.74. The van der Waals surface area contributed by atoms with Crippen LogP contribution in [-0.4, -0.2) is 16.3 Å². The number of hydrogen-bond acceptors (Lipinski definition) is 3. The zero-order valence-electron chi connectivity index (χ0n) is 10.1. The zero-order valence-corrected chi connectivity index (χ0v) is 10.1. The third-order valence-electron chi connectivity index (χ3n) is 2.60. The molecule has 0 fully saturated rings. The lowest BCUT2D eigenvalue weighted by atomic mass is 9.93. The van der Waals surface area contributed by atoms with Crippen LogP contribution in [0.5, 0.6) is 0 Å². The van der Waals surface area contributed by atoms with Crippen LogP contribution in [0.15, 0.2) is 36.7 Å². The topological polar surface area (TPSA) is 56.0 Å². The first-order chi connectivity index (χ1) is 7.97. The predicted octanol–water partition coefficient (Wildman–Crippen LogP) is 2.54. The Labute approximate surface area is 101 Å². The molecule has 0 aliphatic rings. The predicted molar refractivity (Wildman–Crippen MR) is 69.0 cm³/mol. The Kier molecular flexibility index (Phi) is 2.94. The van der Waals surface area contributed by atoms with Gasteiger partial charge in [-0.15, -0.1) is 0 Å². The molecule has 0 bridgehead atoms. The van der Waals surface area contributed by atoms with E-state index in [1.54, 1.807) is 12.4 Å². The summed E-state index contributed by atoms with van der Waals surface area (Å²) < 4.78 is 0. The Morgan fingerprint density at radius 2 is 2.12 bits per heavy atom. The minimum Gasteiger partial charge on any atom is -0.325 e. The van der Waals surface area contributed by atoms with Crippen LogP contribution in [0.2, 0.25) is 0 Å². The molecule has 0 saturated heterocycles. The van der Waals surface area contributed by atoms with Crippen LogP contribution in [0, 0.1) is 0 Å². The van der Waals surface area contributed by atoms with Crippen LogP contribution >= 0.6 is 0 Å². The number of nitrogens with zero attached hydrogens (tertiary/aromatic N) is 1. The van der Waals surface area contributed by atoms with Crippen molar-refractivity contribution in [3.63, 3.8) is 0 Å². The van der Waals surface area contributed by atoms with Gasteiger partial charge >= 0.3 is 0 Å². The van der Waals surface area contributed by atoms with Crippen molar-refractivity contribution in [3.8, 4) is 0 Å². The number of rotatable bonds is 3. The standard InChI is InChI=1S/C14H16N2O/c1-14(2,15)8-13(17)12-5-3-4-10-9-16-7-6-11(10)12/h3-7,9H,8,15H2,1-2H3. The number of pyridine rings is 1. The maximum Gasteiger partial charge on any atom is 0.165 e. The Morgan fingerprint density at radius 1 is 1.35 bits per heavy atom. The fourth-order valence-corrected chi connectivity index (χ4v) is 1.87. The summed E-state index contributed by atoms with van der Waals surface area (Å²) in [6, 6.07) is 7.54. The summed E-state index contributed by atoms with van der Waals surface area (Å²) in [5, 5.41) is 1.92. The van der Waals surface area contributed by atoms with E-state index in [-0.39, 0.29) is 5.78 Å². The molecule has 2 rings (SSSR count). The fraction of sp³-hybridized carbons (Fsp3) is 0.286. The lowest BCUT2D eigenvalue weighted by Crippen LogP contribution is -2.34. The third-order valence-corrected chi connectivity index (χ3v) is 2.60. The second-order valence-electron chi connectivity index (χ2n) is 4.99. The number of aromatic nitrogens is 1. The zero-order chi connectivity index (χ0) is 12.5. The molecule has 2 N–H and O–H groups in total. The molecule has 0 spiro atoms. The molecule has 1 heterocycles. The molecule has 3 nitrogen and oxygen atoms in total. The first-order valence-corrected chi connectivity index (χ1v) is 5.62. The highest BCUT2D eigenvalue weighted by molar-refractivity contribution is 6.08. The van der Waals surface area contributed by atoms with E-state index in [0.717, 1.165) is 16.3 Å². The average Bonchev–Trinajstić information content (AvgIpc) is 2.26. The van der Waals surface area contributed by atoms with Crippen LogP contribution in [0.25, 0.3) is 10.8 Å². The van der Waals surface area contributed by atoms with Gasteiger partial charge in [0.15, 0.2) is 5.78 Å². The molecule has 3 heteroatoms. The molecule has 2 aromatic rings. The molecule has 0 saturated carbocycles.